The number of nitrogens with zero attached hydrogens (tertiary/aromatic N) is 1. The van der Waals surface area contributed by atoms with E-state index >= 15 is 0 Å². The number of halogens is 3. The first-order valence-electron chi connectivity index (χ1n) is 6.21. The molecule has 1 aromatic carbocycles. The van der Waals surface area contributed by atoms with E-state index in [4.69, 9.17) is 23.2 Å². The van der Waals surface area contributed by atoms with Gasteiger partial charge in [-0.1, -0.05) is 30.1 Å². The average Bonchev–Trinajstić information content (AvgIpc) is 2.36. The highest BCUT2D eigenvalue weighted by Crippen LogP contribution is 2.38. The lowest BCUT2D eigenvalue weighted by Gasteiger charge is -2.16. The van der Waals surface area contributed by atoms with Crippen LogP contribution in [0.3, 0.4) is 0 Å². The molecule has 0 unspecified atom stereocenters. The number of hydrogen-bond acceptors (Lipinski definition) is 2. The van der Waals surface area contributed by atoms with Crippen molar-refractivity contribution >= 4 is 39.8 Å². The van der Waals surface area contributed by atoms with Gasteiger partial charge in [0.2, 0.25) is 0 Å². The summed E-state index contributed by atoms with van der Waals surface area (Å²) in [5.74, 6) is -0.595. The van der Waals surface area contributed by atoms with Crippen molar-refractivity contribution in [2.75, 3.05) is 11.9 Å². The van der Waals surface area contributed by atoms with E-state index in [1.807, 2.05) is 20.8 Å². The molecular formula is C14H15Cl2FN2. The van der Waals surface area contributed by atoms with Gasteiger partial charge in [0.05, 0.1) is 21.2 Å². The lowest BCUT2D eigenvalue weighted by molar-refractivity contribution is 0.630. The Kier molecular flexibility index (Phi) is 4.16. The Morgan fingerprint density at radius 2 is 2.00 bits per heavy atom. The van der Waals surface area contributed by atoms with Crippen LogP contribution in [0.2, 0.25) is 10.0 Å². The van der Waals surface area contributed by atoms with E-state index in [0.29, 0.717) is 10.9 Å². The lowest BCUT2D eigenvalue weighted by Crippen LogP contribution is -2.05. The molecule has 0 bridgehead atoms. The van der Waals surface area contributed by atoms with Gasteiger partial charge in [-0.15, -0.1) is 0 Å². The standard InChI is InChI=1S/C14H15Cl2FN2/c1-4-8-7(3)19-10-6-9(15)13(17)12(16)11(10)14(8)18-5-2/h6H,4-5H2,1-3H3,(H,18,19). The molecule has 0 saturated heterocycles. The molecule has 0 saturated carbocycles. The Bertz CT molecular complexity index is 641. The predicted molar refractivity (Wildman–Crippen MR) is 80.0 cm³/mol. The maximum absolute atomic E-state index is 13.9. The molecule has 102 valence electrons. The Morgan fingerprint density at radius 1 is 1.32 bits per heavy atom. The van der Waals surface area contributed by atoms with Crippen LogP contribution < -0.4 is 5.32 Å². The van der Waals surface area contributed by atoms with Crippen LogP contribution in [0.5, 0.6) is 0 Å². The van der Waals surface area contributed by atoms with Gasteiger partial charge in [0.15, 0.2) is 5.82 Å². The van der Waals surface area contributed by atoms with Crippen LogP contribution in [0, 0.1) is 12.7 Å². The summed E-state index contributed by atoms with van der Waals surface area (Å²) in [6, 6.07) is 1.52. The molecule has 1 aromatic heterocycles. The summed E-state index contributed by atoms with van der Waals surface area (Å²) in [5.41, 5.74) is 3.43. The number of hydrogen-bond donors (Lipinski definition) is 1. The Labute approximate surface area is 121 Å². The van der Waals surface area contributed by atoms with Crippen LogP contribution in [0.4, 0.5) is 10.1 Å². The second kappa shape index (κ2) is 5.51. The van der Waals surface area contributed by atoms with Gasteiger partial charge < -0.3 is 5.32 Å². The number of benzene rings is 1. The summed E-state index contributed by atoms with van der Waals surface area (Å²) in [4.78, 5) is 4.48. The van der Waals surface area contributed by atoms with Gasteiger partial charge in [0.1, 0.15) is 0 Å². The van der Waals surface area contributed by atoms with E-state index in [1.54, 1.807) is 0 Å². The van der Waals surface area contributed by atoms with Crippen molar-refractivity contribution in [2.24, 2.45) is 0 Å². The zero-order valence-corrected chi connectivity index (χ0v) is 12.6. The first-order chi connectivity index (χ1) is 9.01. The minimum absolute atomic E-state index is 0.00361. The van der Waals surface area contributed by atoms with Crippen molar-refractivity contribution in [3.8, 4) is 0 Å². The Balaban J connectivity index is 2.94. The third-order valence-electron chi connectivity index (χ3n) is 3.13. The van der Waals surface area contributed by atoms with Crippen molar-refractivity contribution in [3.63, 3.8) is 0 Å². The van der Waals surface area contributed by atoms with E-state index < -0.39 is 5.82 Å². The van der Waals surface area contributed by atoms with E-state index in [2.05, 4.69) is 10.3 Å². The third-order valence-corrected chi connectivity index (χ3v) is 3.76. The highest BCUT2D eigenvalue weighted by Gasteiger charge is 2.18. The Hall–Kier alpha value is -1.06. The fourth-order valence-corrected chi connectivity index (χ4v) is 2.83. The quantitative estimate of drug-likeness (QED) is 0.808. The average molecular weight is 301 g/mol. The molecule has 2 rings (SSSR count). The molecule has 19 heavy (non-hydrogen) atoms. The topological polar surface area (TPSA) is 24.9 Å². The summed E-state index contributed by atoms with van der Waals surface area (Å²) < 4.78 is 13.9. The summed E-state index contributed by atoms with van der Waals surface area (Å²) in [7, 11) is 0. The van der Waals surface area contributed by atoms with Gasteiger partial charge in [-0.2, -0.15) is 0 Å². The SMILES string of the molecule is CCNc1c(CC)c(C)nc2cc(Cl)c(F)c(Cl)c12. The van der Waals surface area contributed by atoms with Crippen molar-refractivity contribution in [1.29, 1.82) is 0 Å². The van der Waals surface area contributed by atoms with Crippen LogP contribution in [-0.2, 0) is 6.42 Å². The van der Waals surface area contributed by atoms with Crippen LogP contribution in [0.25, 0.3) is 10.9 Å². The Morgan fingerprint density at radius 3 is 2.58 bits per heavy atom. The molecule has 0 aliphatic rings. The van der Waals surface area contributed by atoms with E-state index in [1.165, 1.54) is 6.07 Å². The highest BCUT2D eigenvalue weighted by atomic mass is 35.5. The van der Waals surface area contributed by atoms with Gasteiger partial charge in [-0.05, 0) is 31.9 Å². The minimum Gasteiger partial charge on any atom is -0.384 e. The van der Waals surface area contributed by atoms with Crippen LogP contribution in [0.1, 0.15) is 25.1 Å². The molecule has 0 aliphatic heterocycles. The smallest absolute Gasteiger partial charge is 0.161 e. The highest BCUT2D eigenvalue weighted by molar-refractivity contribution is 6.39. The maximum Gasteiger partial charge on any atom is 0.161 e. The molecule has 0 aliphatic carbocycles. The summed E-state index contributed by atoms with van der Waals surface area (Å²) >= 11 is 11.9. The van der Waals surface area contributed by atoms with Crippen LogP contribution >= 0.6 is 23.2 Å². The number of anilines is 1. The normalized spacial score (nSPS) is 11.1. The second-order valence-electron chi connectivity index (χ2n) is 4.32. The zero-order valence-electron chi connectivity index (χ0n) is 11.1. The van der Waals surface area contributed by atoms with Crippen molar-refractivity contribution in [1.82, 2.24) is 4.98 Å². The largest absolute Gasteiger partial charge is 0.384 e. The van der Waals surface area contributed by atoms with E-state index in [-0.39, 0.29) is 10.0 Å². The number of fused-ring (bicyclic) bond motifs is 1. The molecule has 0 spiro atoms. The van der Waals surface area contributed by atoms with Gasteiger partial charge in [0.25, 0.3) is 0 Å². The minimum atomic E-state index is -0.595. The van der Waals surface area contributed by atoms with Crippen LogP contribution in [-0.4, -0.2) is 11.5 Å². The summed E-state index contributed by atoms with van der Waals surface area (Å²) in [6.07, 6.45) is 0.803. The third kappa shape index (κ3) is 2.37. The number of rotatable bonds is 3. The van der Waals surface area contributed by atoms with Gasteiger partial charge in [-0.25, -0.2) is 4.39 Å². The summed E-state index contributed by atoms with van der Waals surface area (Å²) in [6.45, 7) is 6.69. The molecular weight excluding hydrogens is 286 g/mol. The van der Waals surface area contributed by atoms with Gasteiger partial charge in [0, 0.05) is 17.6 Å². The van der Waals surface area contributed by atoms with Gasteiger partial charge >= 0.3 is 0 Å². The summed E-state index contributed by atoms with van der Waals surface area (Å²) in [5, 5.41) is 3.89. The molecule has 0 radical (unpaired) electrons. The predicted octanol–water partition coefficient (Wildman–Crippen LogP) is 4.98. The fourth-order valence-electron chi connectivity index (χ4n) is 2.29. The second-order valence-corrected chi connectivity index (χ2v) is 5.10. The number of aromatic nitrogens is 1. The van der Waals surface area contributed by atoms with Crippen molar-refractivity contribution < 1.29 is 4.39 Å². The molecule has 5 heteroatoms. The number of pyridine rings is 1. The van der Waals surface area contributed by atoms with Crippen molar-refractivity contribution in [2.45, 2.75) is 27.2 Å². The number of nitrogens with one attached hydrogen (secondary N) is 1. The van der Waals surface area contributed by atoms with E-state index in [9.17, 15) is 4.39 Å². The monoisotopic (exact) mass is 300 g/mol. The number of aryl methyl sites for hydroxylation is 1. The zero-order chi connectivity index (χ0) is 14.2. The maximum atomic E-state index is 13.9. The van der Waals surface area contributed by atoms with Crippen molar-refractivity contribution in [3.05, 3.63) is 33.2 Å². The molecule has 0 fully saturated rings. The molecule has 2 nitrogen and oxygen atoms in total. The first-order valence-corrected chi connectivity index (χ1v) is 6.97. The van der Waals surface area contributed by atoms with Crippen LogP contribution in [0.15, 0.2) is 6.07 Å². The molecule has 2 aromatic rings. The first kappa shape index (κ1) is 14.4. The molecule has 0 atom stereocenters. The molecule has 0 amide bonds. The van der Waals surface area contributed by atoms with Gasteiger partial charge in [-0.3, -0.25) is 4.98 Å². The molecule has 1 N–H and O–H groups in total. The lowest BCUT2D eigenvalue weighted by atomic mass is 10.0. The van der Waals surface area contributed by atoms with E-state index in [0.717, 1.165) is 29.9 Å². The fraction of sp³-hybridized carbons (Fsp3) is 0.357. The molecule has 1 heterocycles.